The van der Waals surface area contributed by atoms with E-state index in [9.17, 15) is 14.3 Å². The molecule has 3 fully saturated rings. The summed E-state index contributed by atoms with van der Waals surface area (Å²) in [6, 6.07) is 7.03. The number of β-amino-alcohol motifs (C(OH)–C–C–N with tert-alkyl or cyclic N) is 1. The van der Waals surface area contributed by atoms with Gasteiger partial charge in [-0.3, -0.25) is 9.69 Å². The highest BCUT2D eigenvalue weighted by atomic mass is 19.1. The van der Waals surface area contributed by atoms with E-state index in [1.54, 1.807) is 6.07 Å². The smallest absolute Gasteiger partial charge is 0.255 e. The van der Waals surface area contributed by atoms with E-state index in [2.05, 4.69) is 4.90 Å². The number of carbonyl (C=O) groups is 1. The largest absolute Gasteiger partial charge is 0.379 e. The summed E-state index contributed by atoms with van der Waals surface area (Å²) in [7, 11) is 0. The van der Waals surface area contributed by atoms with Crippen LogP contribution < -0.4 is 0 Å². The van der Waals surface area contributed by atoms with Crippen molar-refractivity contribution < 1.29 is 14.3 Å². The molecular weight excluding hydrogens is 343 g/mol. The number of carbonyl (C=O) groups excluding carboxylic acids is 1. The fourth-order valence-corrected chi connectivity index (χ4v) is 4.69. The van der Waals surface area contributed by atoms with Crippen LogP contribution in [0.5, 0.6) is 0 Å². The molecule has 1 amide bonds. The van der Waals surface area contributed by atoms with E-state index in [1.165, 1.54) is 18.9 Å². The Bertz CT molecular complexity index is 670. The third-order valence-electron chi connectivity index (χ3n) is 6.54. The lowest BCUT2D eigenvalue weighted by Gasteiger charge is -2.42. The fourth-order valence-electron chi connectivity index (χ4n) is 4.69. The Kier molecular flexibility index (Phi) is 5.51. The van der Waals surface area contributed by atoms with Gasteiger partial charge in [0.15, 0.2) is 5.60 Å². The summed E-state index contributed by atoms with van der Waals surface area (Å²) in [5.74, 6) is 0.957. The molecule has 0 spiro atoms. The van der Waals surface area contributed by atoms with Gasteiger partial charge in [0.1, 0.15) is 5.82 Å². The number of amides is 1. The van der Waals surface area contributed by atoms with Gasteiger partial charge in [-0.05, 0) is 81.5 Å². The molecular formula is C22H31FN2O2. The topological polar surface area (TPSA) is 43.8 Å². The highest BCUT2D eigenvalue weighted by Crippen LogP contribution is 2.33. The number of piperidine rings is 2. The molecule has 1 N–H and O–H groups in total. The van der Waals surface area contributed by atoms with Gasteiger partial charge in [-0.1, -0.05) is 18.2 Å². The Morgan fingerprint density at radius 1 is 1.07 bits per heavy atom. The Morgan fingerprint density at radius 3 is 2.52 bits per heavy atom. The summed E-state index contributed by atoms with van der Waals surface area (Å²) >= 11 is 0. The number of likely N-dealkylation sites (tertiary alicyclic amines) is 2. The number of rotatable bonds is 6. The van der Waals surface area contributed by atoms with Gasteiger partial charge < -0.3 is 10.0 Å². The fraction of sp³-hybridized carbons (Fsp3) is 0.682. The van der Waals surface area contributed by atoms with Crippen molar-refractivity contribution in [3.8, 4) is 0 Å². The lowest BCUT2D eigenvalue weighted by molar-refractivity contribution is -0.160. The van der Waals surface area contributed by atoms with Crippen LogP contribution in [0.2, 0.25) is 0 Å². The van der Waals surface area contributed by atoms with Crippen molar-refractivity contribution in [1.29, 1.82) is 0 Å². The number of hydrogen-bond donors (Lipinski definition) is 1. The van der Waals surface area contributed by atoms with Crippen LogP contribution in [0.3, 0.4) is 0 Å². The molecule has 2 aliphatic heterocycles. The van der Waals surface area contributed by atoms with Crippen molar-refractivity contribution >= 4 is 5.91 Å². The Morgan fingerprint density at radius 2 is 1.81 bits per heavy atom. The number of hydrogen-bond acceptors (Lipinski definition) is 3. The molecule has 2 saturated heterocycles. The van der Waals surface area contributed by atoms with Crippen LogP contribution in [-0.4, -0.2) is 59.1 Å². The SMILES string of the molecule is O=C1N(CC2CC2)CCCC1(O)CN1CCC(Cc2ccccc2F)CC1. The highest BCUT2D eigenvalue weighted by Gasteiger charge is 2.44. The molecule has 148 valence electrons. The van der Waals surface area contributed by atoms with E-state index in [0.29, 0.717) is 24.8 Å². The molecule has 27 heavy (non-hydrogen) atoms. The van der Waals surface area contributed by atoms with Crippen LogP contribution >= 0.6 is 0 Å². The standard InChI is InChI=1S/C22H31FN2O2/c23-20-5-2-1-4-19(20)14-17-8-12-24(13-9-17)16-22(27)10-3-11-25(21(22)26)15-18-6-7-18/h1-2,4-5,17-18,27H,3,6-16H2. The van der Waals surface area contributed by atoms with Gasteiger partial charge in [0, 0.05) is 19.6 Å². The molecule has 2 heterocycles. The minimum atomic E-state index is -1.22. The zero-order chi connectivity index (χ0) is 18.9. The molecule has 3 aliphatic rings. The molecule has 0 bridgehead atoms. The predicted octanol–water partition coefficient (Wildman–Crippen LogP) is 2.84. The molecule has 1 saturated carbocycles. The summed E-state index contributed by atoms with van der Waals surface area (Å²) in [5.41, 5.74) is -0.418. The molecule has 1 unspecified atom stereocenters. The second kappa shape index (κ2) is 7.88. The first-order valence-electron chi connectivity index (χ1n) is 10.5. The van der Waals surface area contributed by atoms with E-state index in [0.717, 1.165) is 57.4 Å². The second-order valence-corrected chi connectivity index (χ2v) is 8.84. The van der Waals surface area contributed by atoms with Crippen LogP contribution in [0.15, 0.2) is 24.3 Å². The minimum Gasteiger partial charge on any atom is -0.379 e. The molecule has 0 radical (unpaired) electrons. The quantitative estimate of drug-likeness (QED) is 0.833. The van der Waals surface area contributed by atoms with Gasteiger partial charge in [0.05, 0.1) is 0 Å². The van der Waals surface area contributed by atoms with Crippen molar-refractivity contribution in [2.24, 2.45) is 11.8 Å². The van der Waals surface area contributed by atoms with Gasteiger partial charge in [-0.2, -0.15) is 0 Å². The molecule has 4 rings (SSSR count). The summed E-state index contributed by atoms with van der Waals surface area (Å²) in [4.78, 5) is 17.0. The van der Waals surface area contributed by atoms with Crippen LogP contribution in [0.25, 0.3) is 0 Å². The second-order valence-electron chi connectivity index (χ2n) is 8.84. The molecule has 4 nitrogen and oxygen atoms in total. The molecule has 5 heteroatoms. The first-order chi connectivity index (χ1) is 13.0. The van der Waals surface area contributed by atoms with E-state index < -0.39 is 5.60 Å². The van der Waals surface area contributed by atoms with Crippen LogP contribution in [-0.2, 0) is 11.2 Å². The molecule has 1 aromatic rings. The van der Waals surface area contributed by atoms with Crippen molar-refractivity contribution in [3.05, 3.63) is 35.6 Å². The zero-order valence-corrected chi connectivity index (χ0v) is 16.1. The first-order valence-corrected chi connectivity index (χ1v) is 10.5. The third kappa shape index (κ3) is 4.52. The number of nitrogens with zero attached hydrogens (tertiary/aromatic N) is 2. The highest BCUT2D eigenvalue weighted by molar-refractivity contribution is 5.86. The van der Waals surface area contributed by atoms with Crippen molar-refractivity contribution in [1.82, 2.24) is 9.80 Å². The number of benzene rings is 1. The van der Waals surface area contributed by atoms with Gasteiger partial charge in [-0.25, -0.2) is 4.39 Å². The zero-order valence-electron chi connectivity index (χ0n) is 16.1. The normalized spacial score (nSPS) is 27.9. The van der Waals surface area contributed by atoms with Crippen LogP contribution in [0, 0.1) is 17.7 Å². The monoisotopic (exact) mass is 374 g/mol. The molecule has 0 aromatic heterocycles. The van der Waals surface area contributed by atoms with Gasteiger partial charge >= 0.3 is 0 Å². The van der Waals surface area contributed by atoms with Crippen LogP contribution in [0.1, 0.15) is 44.1 Å². The summed E-state index contributed by atoms with van der Waals surface area (Å²) in [5, 5.41) is 11.1. The number of aliphatic hydroxyl groups is 1. The van der Waals surface area contributed by atoms with E-state index >= 15 is 0 Å². The van der Waals surface area contributed by atoms with E-state index in [4.69, 9.17) is 0 Å². The van der Waals surface area contributed by atoms with Gasteiger partial charge in [-0.15, -0.1) is 0 Å². The van der Waals surface area contributed by atoms with E-state index in [-0.39, 0.29) is 11.7 Å². The third-order valence-corrected chi connectivity index (χ3v) is 6.54. The summed E-state index contributed by atoms with van der Waals surface area (Å²) < 4.78 is 13.9. The Labute approximate surface area is 161 Å². The molecule has 1 aromatic carbocycles. The average molecular weight is 375 g/mol. The maximum absolute atomic E-state index is 13.9. The van der Waals surface area contributed by atoms with Crippen molar-refractivity contribution in [2.45, 2.75) is 50.5 Å². The minimum absolute atomic E-state index is 0.0610. The summed E-state index contributed by atoms with van der Waals surface area (Å²) in [6.07, 6.45) is 6.66. The Balaban J connectivity index is 1.29. The molecule has 1 aliphatic carbocycles. The maximum Gasteiger partial charge on any atom is 0.255 e. The van der Waals surface area contributed by atoms with Gasteiger partial charge in [0.2, 0.25) is 0 Å². The predicted molar refractivity (Wildman–Crippen MR) is 103 cm³/mol. The molecule has 1 atom stereocenters. The Hall–Kier alpha value is -1.46. The van der Waals surface area contributed by atoms with Crippen molar-refractivity contribution in [3.63, 3.8) is 0 Å². The number of halogens is 1. The van der Waals surface area contributed by atoms with Gasteiger partial charge in [0.25, 0.3) is 5.91 Å². The van der Waals surface area contributed by atoms with Crippen molar-refractivity contribution in [2.75, 3.05) is 32.7 Å². The maximum atomic E-state index is 13.9. The van der Waals surface area contributed by atoms with Crippen LogP contribution in [0.4, 0.5) is 4.39 Å². The first kappa shape index (κ1) is 18.9. The summed E-state index contributed by atoms with van der Waals surface area (Å²) in [6.45, 7) is 3.81. The lowest BCUT2D eigenvalue weighted by atomic mass is 9.87. The average Bonchev–Trinajstić information content (AvgIpc) is 3.47. The lowest BCUT2D eigenvalue weighted by Crippen LogP contribution is -2.59. The van der Waals surface area contributed by atoms with E-state index in [1.807, 2.05) is 17.0 Å².